The molecule has 2 atom stereocenters. The van der Waals surface area contributed by atoms with Gasteiger partial charge in [-0.2, -0.15) is 0 Å². The molecule has 0 spiro atoms. The van der Waals surface area contributed by atoms with Crippen LogP contribution in [0.1, 0.15) is 51.9 Å². The van der Waals surface area contributed by atoms with Crippen LogP contribution in [0.3, 0.4) is 0 Å². The molecule has 1 saturated heterocycles. The molecule has 1 aliphatic carbocycles. The number of rotatable bonds is 2. The molecule has 0 aromatic carbocycles. The van der Waals surface area contributed by atoms with Gasteiger partial charge >= 0.3 is 0 Å². The highest BCUT2D eigenvalue weighted by Crippen LogP contribution is 2.23. The van der Waals surface area contributed by atoms with Crippen molar-refractivity contribution in [1.82, 2.24) is 10.6 Å². The zero-order chi connectivity index (χ0) is 12.1. The number of halogens is 1. The highest BCUT2D eigenvalue weighted by atomic mass is 35.5. The summed E-state index contributed by atoms with van der Waals surface area (Å²) in [6.45, 7) is 4.31. The van der Waals surface area contributed by atoms with Gasteiger partial charge in [-0.15, -0.1) is 12.4 Å². The van der Waals surface area contributed by atoms with Gasteiger partial charge in [0, 0.05) is 12.0 Å². The normalized spacial score (nSPS) is 30.1. The van der Waals surface area contributed by atoms with E-state index >= 15 is 0 Å². The Morgan fingerprint density at radius 1 is 1.11 bits per heavy atom. The van der Waals surface area contributed by atoms with Crippen LogP contribution in [-0.2, 0) is 4.79 Å². The second-order valence-electron chi connectivity index (χ2n) is 5.77. The van der Waals surface area contributed by atoms with Crippen LogP contribution in [-0.4, -0.2) is 25.0 Å². The van der Waals surface area contributed by atoms with Gasteiger partial charge in [0.15, 0.2) is 0 Å². The van der Waals surface area contributed by atoms with Crippen LogP contribution in [0.4, 0.5) is 0 Å². The number of carbonyl (C=O) groups is 1. The summed E-state index contributed by atoms with van der Waals surface area (Å²) in [6.07, 6.45) is 8.39. The third kappa shape index (κ3) is 4.43. The van der Waals surface area contributed by atoms with E-state index in [4.69, 9.17) is 0 Å². The van der Waals surface area contributed by atoms with E-state index in [1.807, 2.05) is 0 Å². The van der Waals surface area contributed by atoms with Gasteiger partial charge < -0.3 is 10.6 Å². The Labute approximate surface area is 117 Å². The number of hydrogen-bond acceptors (Lipinski definition) is 2. The third-order valence-corrected chi connectivity index (χ3v) is 4.34. The van der Waals surface area contributed by atoms with Gasteiger partial charge in [-0.05, 0) is 38.3 Å². The first-order valence-electron chi connectivity index (χ1n) is 7.28. The summed E-state index contributed by atoms with van der Waals surface area (Å²) in [6, 6.07) is 0.395. The molecule has 1 amide bonds. The molecule has 2 rings (SSSR count). The van der Waals surface area contributed by atoms with Gasteiger partial charge in [-0.1, -0.05) is 32.6 Å². The number of piperidine rings is 1. The minimum Gasteiger partial charge on any atom is -0.353 e. The van der Waals surface area contributed by atoms with Gasteiger partial charge in [0.25, 0.3) is 0 Å². The highest BCUT2D eigenvalue weighted by Gasteiger charge is 2.26. The summed E-state index contributed by atoms with van der Waals surface area (Å²) in [4.78, 5) is 12.2. The van der Waals surface area contributed by atoms with E-state index in [2.05, 4.69) is 17.6 Å². The van der Waals surface area contributed by atoms with E-state index in [1.54, 1.807) is 0 Å². The predicted octanol–water partition coefficient (Wildman–Crippen LogP) is 2.49. The summed E-state index contributed by atoms with van der Waals surface area (Å²) in [5, 5.41) is 6.66. The topological polar surface area (TPSA) is 41.1 Å². The van der Waals surface area contributed by atoms with Crippen molar-refractivity contribution >= 4 is 18.3 Å². The van der Waals surface area contributed by atoms with E-state index in [-0.39, 0.29) is 12.4 Å². The molecule has 0 radical (unpaired) electrons. The first-order valence-corrected chi connectivity index (χ1v) is 7.28. The standard InChI is InChI=1S/C14H26N2O.ClH/c1-11-10-15-9-8-13(11)16-14(17)12-6-4-2-3-5-7-12;/h11-13,15H,2-10H2,1H3,(H,16,17);1H. The lowest BCUT2D eigenvalue weighted by Crippen LogP contribution is -2.49. The fourth-order valence-electron chi connectivity index (χ4n) is 3.07. The van der Waals surface area contributed by atoms with Crippen molar-refractivity contribution in [1.29, 1.82) is 0 Å². The molecule has 18 heavy (non-hydrogen) atoms. The van der Waals surface area contributed by atoms with Crippen molar-refractivity contribution in [3.8, 4) is 0 Å². The lowest BCUT2D eigenvalue weighted by atomic mass is 9.93. The molecule has 106 valence electrons. The Hall–Kier alpha value is -0.280. The molecular formula is C14H27ClN2O. The van der Waals surface area contributed by atoms with E-state index in [1.165, 1.54) is 25.7 Å². The first kappa shape index (κ1) is 15.8. The van der Waals surface area contributed by atoms with Gasteiger partial charge in [-0.3, -0.25) is 4.79 Å². The van der Waals surface area contributed by atoms with Crippen LogP contribution in [0, 0.1) is 11.8 Å². The first-order chi connectivity index (χ1) is 8.27. The summed E-state index contributed by atoms with van der Waals surface area (Å²) in [7, 11) is 0. The highest BCUT2D eigenvalue weighted by molar-refractivity contribution is 5.85. The van der Waals surface area contributed by atoms with Crippen LogP contribution in [0.2, 0.25) is 0 Å². The van der Waals surface area contributed by atoms with Crippen molar-refractivity contribution in [2.75, 3.05) is 13.1 Å². The molecule has 0 bridgehead atoms. The van der Waals surface area contributed by atoms with Gasteiger partial charge in [0.05, 0.1) is 0 Å². The van der Waals surface area contributed by atoms with Gasteiger partial charge in [-0.25, -0.2) is 0 Å². The fourth-order valence-corrected chi connectivity index (χ4v) is 3.07. The molecule has 2 N–H and O–H groups in total. The third-order valence-electron chi connectivity index (χ3n) is 4.34. The molecule has 4 heteroatoms. The Morgan fingerprint density at radius 3 is 2.39 bits per heavy atom. The smallest absolute Gasteiger partial charge is 0.223 e. The molecule has 1 saturated carbocycles. The molecule has 1 aliphatic heterocycles. The van der Waals surface area contributed by atoms with Crippen LogP contribution in [0.25, 0.3) is 0 Å². The van der Waals surface area contributed by atoms with Crippen molar-refractivity contribution in [2.45, 2.75) is 57.9 Å². The van der Waals surface area contributed by atoms with E-state index in [0.717, 1.165) is 32.4 Å². The maximum absolute atomic E-state index is 12.2. The molecule has 2 fully saturated rings. The van der Waals surface area contributed by atoms with E-state index < -0.39 is 0 Å². The summed E-state index contributed by atoms with van der Waals surface area (Å²) >= 11 is 0. The van der Waals surface area contributed by atoms with Crippen LogP contribution >= 0.6 is 12.4 Å². The average Bonchev–Trinajstić information content (AvgIpc) is 2.61. The Bertz CT molecular complexity index is 252. The molecule has 1 heterocycles. The molecular weight excluding hydrogens is 248 g/mol. The van der Waals surface area contributed by atoms with Gasteiger partial charge in [0.2, 0.25) is 5.91 Å². The number of nitrogens with one attached hydrogen (secondary N) is 2. The predicted molar refractivity (Wildman–Crippen MR) is 77.0 cm³/mol. The Morgan fingerprint density at radius 2 is 1.78 bits per heavy atom. The minimum absolute atomic E-state index is 0. The number of amides is 1. The second-order valence-corrected chi connectivity index (χ2v) is 5.77. The van der Waals surface area contributed by atoms with Crippen LogP contribution in [0.5, 0.6) is 0 Å². The zero-order valence-corrected chi connectivity index (χ0v) is 12.2. The second kappa shape index (κ2) is 8.00. The van der Waals surface area contributed by atoms with Crippen molar-refractivity contribution in [3.05, 3.63) is 0 Å². The lowest BCUT2D eigenvalue weighted by molar-refractivity contribution is -0.126. The van der Waals surface area contributed by atoms with E-state index in [0.29, 0.717) is 23.8 Å². The van der Waals surface area contributed by atoms with Crippen molar-refractivity contribution in [3.63, 3.8) is 0 Å². The monoisotopic (exact) mass is 274 g/mol. The molecule has 2 aliphatic rings. The SMILES string of the molecule is CC1CNCCC1NC(=O)C1CCCCCC1.Cl. The number of carbonyl (C=O) groups excluding carboxylic acids is 1. The average molecular weight is 275 g/mol. The maximum atomic E-state index is 12.2. The van der Waals surface area contributed by atoms with Crippen LogP contribution < -0.4 is 10.6 Å². The molecule has 0 aromatic heterocycles. The minimum atomic E-state index is 0. The summed E-state index contributed by atoms with van der Waals surface area (Å²) < 4.78 is 0. The molecule has 0 aromatic rings. The quantitative estimate of drug-likeness (QED) is 0.760. The Kier molecular flexibility index (Phi) is 7.02. The molecule has 2 unspecified atom stereocenters. The zero-order valence-electron chi connectivity index (χ0n) is 11.4. The van der Waals surface area contributed by atoms with Crippen molar-refractivity contribution in [2.24, 2.45) is 11.8 Å². The largest absolute Gasteiger partial charge is 0.353 e. The fraction of sp³-hybridized carbons (Fsp3) is 0.929. The Balaban J connectivity index is 0.00000162. The maximum Gasteiger partial charge on any atom is 0.223 e. The van der Waals surface area contributed by atoms with Crippen molar-refractivity contribution < 1.29 is 4.79 Å². The molecule has 3 nitrogen and oxygen atoms in total. The van der Waals surface area contributed by atoms with E-state index in [9.17, 15) is 4.79 Å². The summed E-state index contributed by atoms with van der Waals surface area (Å²) in [5.74, 6) is 1.18. The van der Waals surface area contributed by atoms with Crippen LogP contribution in [0.15, 0.2) is 0 Å². The lowest BCUT2D eigenvalue weighted by Gasteiger charge is -2.31. The summed E-state index contributed by atoms with van der Waals surface area (Å²) in [5.41, 5.74) is 0. The van der Waals surface area contributed by atoms with Gasteiger partial charge in [0.1, 0.15) is 0 Å². The number of hydrogen-bond donors (Lipinski definition) is 2.